The fraction of sp³-hybridized carbons (Fsp3) is 0.368. The number of hydrogen-bond donors (Lipinski definition) is 4. The molecule has 1 unspecified atom stereocenters. The van der Waals surface area contributed by atoms with E-state index in [4.69, 9.17) is 21.1 Å². The highest BCUT2D eigenvalue weighted by Gasteiger charge is 2.29. The van der Waals surface area contributed by atoms with Crippen molar-refractivity contribution in [3.05, 3.63) is 53.1 Å². The quantitative estimate of drug-likeness (QED) is 0.354. The van der Waals surface area contributed by atoms with Gasteiger partial charge in [-0.2, -0.15) is 0 Å². The van der Waals surface area contributed by atoms with Crippen LogP contribution in [-0.2, 0) is 9.53 Å². The lowest BCUT2D eigenvalue weighted by Crippen LogP contribution is -2.55. The molecule has 1 aromatic heterocycles. The van der Waals surface area contributed by atoms with Crippen LogP contribution in [-0.4, -0.2) is 71.3 Å². The molecule has 1 aromatic carbocycles. The molecular weight excluding hydrogens is 426 g/mol. The molecule has 0 saturated heterocycles. The van der Waals surface area contributed by atoms with Gasteiger partial charge < -0.3 is 30.2 Å². The summed E-state index contributed by atoms with van der Waals surface area (Å²) in [6.45, 7) is 1.80. The molecule has 2 rings (SSSR count). The monoisotopic (exact) mass is 450 g/mol. The van der Waals surface area contributed by atoms with Crippen LogP contribution in [0.15, 0.2) is 36.8 Å². The van der Waals surface area contributed by atoms with Crippen LogP contribution in [0.3, 0.4) is 0 Å². The maximum atomic E-state index is 12.6. The predicted octanol–water partition coefficient (Wildman–Crippen LogP) is 0.149. The first-order valence-corrected chi connectivity index (χ1v) is 9.81. The van der Waals surface area contributed by atoms with Gasteiger partial charge >= 0.3 is 7.12 Å². The van der Waals surface area contributed by atoms with E-state index in [9.17, 15) is 19.6 Å². The van der Waals surface area contributed by atoms with Crippen LogP contribution in [0.25, 0.3) is 0 Å². The Labute approximate surface area is 185 Å². The fourth-order valence-corrected chi connectivity index (χ4v) is 2.87. The maximum absolute atomic E-state index is 12.6. The maximum Gasteiger partial charge on any atom is 0.475 e. The summed E-state index contributed by atoms with van der Waals surface area (Å²) in [4.78, 5) is 32.6. The summed E-state index contributed by atoms with van der Waals surface area (Å²) < 4.78 is 10.6. The van der Waals surface area contributed by atoms with Gasteiger partial charge in [0.05, 0.1) is 25.4 Å². The largest absolute Gasteiger partial charge is 0.493 e. The molecular formula is C19H24BClN4O6. The van der Waals surface area contributed by atoms with E-state index in [1.165, 1.54) is 25.7 Å². The standard InChI is InChI=1S/C19H24BClN4O6/c1-12-9-13(21)3-4-16(12)31-8-5-17(20(28)29)25-19(27)15(11-30-2)24-18(26)14-10-22-6-7-23-14/h3-4,6-7,9-10,15,17,28-29H,5,8,11H2,1-2H3,(H,24,26)(H,25,27)/t15?,17-/m1/s1. The number of ether oxygens (including phenoxy) is 2. The number of amides is 2. The van der Waals surface area contributed by atoms with Crippen molar-refractivity contribution in [1.29, 1.82) is 0 Å². The zero-order valence-corrected chi connectivity index (χ0v) is 17.9. The summed E-state index contributed by atoms with van der Waals surface area (Å²) in [6, 6.07) is 4.04. The van der Waals surface area contributed by atoms with E-state index >= 15 is 0 Å². The summed E-state index contributed by atoms with van der Waals surface area (Å²) in [6.07, 6.45) is 4.12. The zero-order valence-electron chi connectivity index (χ0n) is 17.1. The second kappa shape index (κ2) is 12.2. The van der Waals surface area contributed by atoms with E-state index < -0.39 is 30.9 Å². The molecule has 166 valence electrons. The second-order valence-corrected chi connectivity index (χ2v) is 7.08. The van der Waals surface area contributed by atoms with Gasteiger partial charge in [0.25, 0.3) is 5.91 Å². The Morgan fingerprint density at radius 3 is 2.65 bits per heavy atom. The van der Waals surface area contributed by atoms with Gasteiger partial charge in [-0.1, -0.05) is 11.6 Å². The number of benzene rings is 1. The highest BCUT2D eigenvalue weighted by molar-refractivity contribution is 6.43. The Balaban J connectivity index is 1.95. The lowest BCUT2D eigenvalue weighted by Gasteiger charge is -2.23. The second-order valence-electron chi connectivity index (χ2n) is 6.65. The number of aromatic nitrogens is 2. The molecule has 0 aliphatic carbocycles. The molecule has 2 amide bonds. The Morgan fingerprint density at radius 1 is 1.26 bits per heavy atom. The van der Waals surface area contributed by atoms with Crippen molar-refractivity contribution < 1.29 is 29.1 Å². The van der Waals surface area contributed by atoms with Gasteiger partial charge in [0, 0.05) is 30.9 Å². The van der Waals surface area contributed by atoms with Crippen LogP contribution >= 0.6 is 11.6 Å². The summed E-state index contributed by atoms with van der Waals surface area (Å²) in [7, 11) is -0.465. The molecule has 4 N–H and O–H groups in total. The molecule has 0 radical (unpaired) electrons. The van der Waals surface area contributed by atoms with E-state index in [0.29, 0.717) is 10.8 Å². The lowest BCUT2D eigenvalue weighted by atomic mass is 9.77. The Morgan fingerprint density at radius 2 is 2.03 bits per heavy atom. The summed E-state index contributed by atoms with van der Waals surface area (Å²) in [5.41, 5.74) is 0.853. The van der Waals surface area contributed by atoms with E-state index in [2.05, 4.69) is 20.6 Å². The third-order valence-electron chi connectivity index (χ3n) is 4.26. The molecule has 0 aliphatic heterocycles. The van der Waals surface area contributed by atoms with Crippen LogP contribution in [0.1, 0.15) is 22.5 Å². The molecule has 10 nitrogen and oxygen atoms in total. The molecule has 2 aromatic rings. The van der Waals surface area contributed by atoms with Crippen molar-refractivity contribution in [2.45, 2.75) is 25.3 Å². The molecule has 12 heteroatoms. The number of rotatable bonds is 11. The van der Waals surface area contributed by atoms with E-state index in [-0.39, 0.29) is 25.3 Å². The SMILES string of the molecule is COCC(NC(=O)c1cnccn1)C(=O)N[C@H](CCOc1ccc(Cl)cc1C)B(O)O. The number of hydrogen-bond acceptors (Lipinski definition) is 8. The molecule has 0 spiro atoms. The van der Waals surface area contributed by atoms with E-state index in [1.54, 1.807) is 18.2 Å². The first kappa shape index (κ1) is 24.5. The average molecular weight is 451 g/mol. The number of aryl methyl sites for hydroxylation is 1. The normalized spacial score (nSPS) is 12.5. The van der Waals surface area contributed by atoms with Crippen molar-refractivity contribution >= 4 is 30.5 Å². The minimum Gasteiger partial charge on any atom is -0.493 e. The summed E-state index contributed by atoms with van der Waals surface area (Å²) in [5.74, 6) is -1.71. The fourth-order valence-electron chi connectivity index (χ4n) is 2.65. The van der Waals surface area contributed by atoms with Crippen LogP contribution in [0.5, 0.6) is 5.75 Å². The van der Waals surface area contributed by atoms with Crippen molar-refractivity contribution in [1.82, 2.24) is 20.6 Å². The first-order chi connectivity index (χ1) is 14.8. The molecule has 0 fully saturated rings. The predicted molar refractivity (Wildman–Crippen MR) is 114 cm³/mol. The van der Waals surface area contributed by atoms with Gasteiger partial charge in [-0.15, -0.1) is 0 Å². The van der Waals surface area contributed by atoms with Gasteiger partial charge in [-0.25, -0.2) is 4.98 Å². The van der Waals surface area contributed by atoms with Gasteiger partial charge in [0.1, 0.15) is 17.5 Å². The Hall–Kier alpha value is -2.73. The van der Waals surface area contributed by atoms with Crippen molar-refractivity contribution in [2.24, 2.45) is 0 Å². The Bertz CT molecular complexity index is 874. The number of carbonyl (C=O) groups excluding carboxylic acids is 2. The number of methoxy groups -OCH3 is 1. The van der Waals surface area contributed by atoms with E-state index in [1.807, 2.05) is 6.92 Å². The molecule has 0 aliphatic rings. The van der Waals surface area contributed by atoms with Crippen molar-refractivity contribution in [2.75, 3.05) is 20.3 Å². The van der Waals surface area contributed by atoms with Gasteiger partial charge in [-0.05, 0) is 30.7 Å². The minimum atomic E-state index is -1.84. The highest BCUT2D eigenvalue weighted by atomic mass is 35.5. The number of nitrogens with one attached hydrogen (secondary N) is 2. The van der Waals surface area contributed by atoms with Gasteiger partial charge in [-0.3, -0.25) is 14.6 Å². The van der Waals surface area contributed by atoms with Crippen molar-refractivity contribution in [3.63, 3.8) is 0 Å². The molecule has 31 heavy (non-hydrogen) atoms. The van der Waals surface area contributed by atoms with Crippen LogP contribution in [0.2, 0.25) is 5.02 Å². The third kappa shape index (κ3) is 7.80. The average Bonchev–Trinajstić information content (AvgIpc) is 2.74. The molecule has 1 heterocycles. The smallest absolute Gasteiger partial charge is 0.475 e. The summed E-state index contributed by atoms with van der Waals surface area (Å²) in [5, 5.41) is 24.9. The van der Waals surface area contributed by atoms with Crippen molar-refractivity contribution in [3.8, 4) is 5.75 Å². The minimum absolute atomic E-state index is 0.0295. The van der Waals surface area contributed by atoms with E-state index in [0.717, 1.165) is 5.56 Å². The summed E-state index contributed by atoms with van der Waals surface area (Å²) >= 11 is 5.91. The van der Waals surface area contributed by atoms with Crippen LogP contribution in [0, 0.1) is 6.92 Å². The topological polar surface area (TPSA) is 143 Å². The number of halogens is 1. The van der Waals surface area contributed by atoms with Gasteiger partial charge in [0.15, 0.2) is 0 Å². The van der Waals surface area contributed by atoms with Crippen LogP contribution in [0.4, 0.5) is 0 Å². The molecule has 0 saturated carbocycles. The highest BCUT2D eigenvalue weighted by Crippen LogP contribution is 2.22. The zero-order chi connectivity index (χ0) is 22.8. The first-order valence-electron chi connectivity index (χ1n) is 9.43. The lowest BCUT2D eigenvalue weighted by molar-refractivity contribution is -0.124. The number of nitrogens with zero attached hydrogens (tertiary/aromatic N) is 2. The van der Waals surface area contributed by atoms with Gasteiger partial charge in [0.2, 0.25) is 5.91 Å². The molecule has 2 atom stereocenters. The Kier molecular flexibility index (Phi) is 9.66. The molecule has 0 bridgehead atoms. The third-order valence-corrected chi connectivity index (χ3v) is 4.50. The number of carbonyl (C=O) groups is 2. The van der Waals surface area contributed by atoms with Crippen LogP contribution < -0.4 is 15.4 Å².